The first-order valence-corrected chi connectivity index (χ1v) is 9.43. The van der Waals surface area contributed by atoms with Gasteiger partial charge in [-0.2, -0.15) is 0 Å². The summed E-state index contributed by atoms with van der Waals surface area (Å²) in [4.78, 5) is 22.7. The number of amides is 1. The van der Waals surface area contributed by atoms with Crippen LogP contribution in [0.5, 0.6) is 5.75 Å². The van der Waals surface area contributed by atoms with Crippen molar-refractivity contribution in [2.24, 2.45) is 0 Å². The van der Waals surface area contributed by atoms with E-state index in [0.717, 1.165) is 19.3 Å². The highest BCUT2D eigenvalue weighted by Crippen LogP contribution is 2.44. The Balaban J connectivity index is 2.45. The van der Waals surface area contributed by atoms with Crippen molar-refractivity contribution in [3.8, 4) is 5.75 Å². The Morgan fingerprint density at radius 1 is 1.33 bits per heavy atom. The lowest BCUT2D eigenvalue weighted by atomic mass is 9.86. The number of nitro benzene ring substituents is 1. The first kappa shape index (κ1) is 21.1. The number of carbonyl (C=O) groups excluding carboxylic acids is 1. The van der Waals surface area contributed by atoms with Crippen LogP contribution in [0, 0.1) is 10.1 Å². The number of rotatable bonds is 8. The van der Waals surface area contributed by atoms with E-state index in [1.807, 2.05) is 0 Å². The Morgan fingerprint density at radius 2 is 2.04 bits per heavy atom. The summed E-state index contributed by atoms with van der Waals surface area (Å²) in [5.41, 5.74) is -0.415. The summed E-state index contributed by atoms with van der Waals surface area (Å²) in [5.74, 6) is 0.0302. The molecule has 1 amide bonds. The van der Waals surface area contributed by atoms with Gasteiger partial charge in [0.25, 0.3) is 5.69 Å². The standard InChI is InChI=1S/C19H29N3O5/c1-5-7-8-9-20-17-12-10-13(21-16(23)6-2)14(22(25)26)11-15(12)27-19(3,4)18(17)24/h10-11,17-18,20,24H,5-9H2,1-4H3,(H,21,23). The summed E-state index contributed by atoms with van der Waals surface area (Å²) in [5, 5.41) is 28.2. The second-order valence-electron chi connectivity index (χ2n) is 7.36. The van der Waals surface area contributed by atoms with Crippen LogP contribution in [0.4, 0.5) is 11.4 Å². The van der Waals surface area contributed by atoms with Crippen molar-refractivity contribution < 1.29 is 19.6 Å². The minimum absolute atomic E-state index is 0.112. The molecule has 2 rings (SSSR count). The zero-order valence-corrected chi connectivity index (χ0v) is 16.4. The SMILES string of the molecule is CCCCCNC1c2cc(NC(=O)CC)c([N+](=O)[O-])cc2OC(C)(C)C1O. The fraction of sp³-hybridized carbons (Fsp3) is 0.632. The Kier molecular flexibility index (Phi) is 6.78. The summed E-state index contributed by atoms with van der Waals surface area (Å²) in [7, 11) is 0. The van der Waals surface area contributed by atoms with Crippen LogP contribution < -0.4 is 15.4 Å². The van der Waals surface area contributed by atoms with Gasteiger partial charge in [0.15, 0.2) is 0 Å². The summed E-state index contributed by atoms with van der Waals surface area (Å²) in [6.07, 6.45) is 2.48. The van der Waals surface area contributed by atoms with Gasteiger partial charge in [-0.05, 0) is 32.9 Å². The van der Waals surface area contributed by atoms with Crippen LogP contribution in [0.15, 0.2) is 12.1 Å². The second kappa shape index (κ2) is 8.67. The third-order valence-electron chi connectivity index (χ3n) is 4.80. The molecule has 0 aromatic heterocycles. The smallest absolute Gasteiger partial charge is 0.296 e. The van der Waals surface area contributed by atoms with E-state index >= 15 is 0 Å². The largest absolute Gasteiger partial charge is 0.484 e. The van der Waals surface area contributed by atoms with Gasteiger partial charge in [0.2, 0.25) is 5.91 Å². The van der Waals surface area contributed by atoms with Crippen LogP contribution in [-0.4, -0.2) is 34.2 Å². The average Bonchev–Trinajstić information content (AvgIpc) is 2.61. The van der Waals surface area contributed by atoms with Gasteiger partial charge in [0.05, 0.1) is 17.0 Å². The highest BCUT2D eigenvalue weighted by molar-refractivity contribution is 5.93. The van der Waals surface area contributed by atoms with E-state index in [9.17, 15) is 20.0 Å². The lowest BCUT2D eigenvalue weighted by molar-refractivity contribution is -0.384. The number of carbonyl (C=O) groups is 1. The second-order valence-corrected chi connectivity index (χ2v) is 7.36. The molecule has 3 N–H and O–H groups in total. The van der Waals surface area contributed by atoms with Crippen molar-refractivity contribution in [1.29, 1.82) is 0 Å². The van der Waals surface area contributed by atoms with Crippen LogP contribution in [0.25, 0.3) is 0 Å². The molecule has 8 heteroatoms. The van der Waals surface area contributed by atoms with Crippen molar-refractivity contribution >= 4 is 17.3 Å². The molecule has 0 spiro atoms. The number of aliphatic hydroxyl groups is 1. The van der Waals surface area contributed by atoms with Crippen LogP contribution in [0.1, 0.15) is 65.0 Å². The zero-order valence-electron chi connectivity index (χ0n) is 16.4. The molecule has 0 aliphatic carbocycles. The fourth-order valence-corrected chi connectivity index (χ4v) is 3.18. The number of benzene rings is 1. The van der Waals surface area contributed by atoms with E-state index in [1.54, 1.807) is 20.8 Å². The van der Waals surface area contributed by atoms with Gasteiger partial charge in [-0.15, -0.1) is 0 Å². The number of unbranched alkanes of at least 4 members (excludes halogenated alkanes) is 2. The van der Waals surface area contributed by atoms with Gasteiger partial charge in [0.1, 0.15) is 23.1 Å². The predicted molar refractivity (Wildman–Crippen MR) is 103 cm³/mol. The Morgan fingerprint density at radius 3 is 2.63 bits per heavy atom. The van der Waals surface area contributed by atoms with E-state index in [-0.39, 0.29) is 23.7 Å². The van der Waals surface area contributed by atoms with Crippen molar-refractivity contribution in [3.05, 3.63) is 27.8 Å². The maximum Gasteiger partial charge on any atom is 0.296 e. The highest BCUT2D eigenvalue weighted by atomic mass is 16.6. The molecule has 2 unspecified atom stereocenters. The van der Waals surface area contributed by atoms with Gasteiger partial charge in [-0.3, -0.25) is 14.9 Å². The number of fused-ring (bicyclic) bond motifs is 1. The number of ether oxygens (including phenoxy) is 1. The molecule has 27 heavy (non-hydrogen) atoms. The van der Waals surface area contributed by atoms with E-state index in [4.69, 9.17) is 4.74 Å². The molecule has 0 saturated heterocycles. The molecule has 1 aliphatic heterocycles. The summed E-state index contributed by atoms with van der Waals surface area (Å²) >= 11 is 0. The molecule has 150 valence electrons. The van der Waals surface area contributed by atoms with Gasteiger partial charge in [-0.25, -0.2) is 0 Å². The molecule has 0 saturated carbocycles. The number of anilines is 1. The molecule has 0 fully saturated rings. The molecular formula is C19H29N3O5. The summed E-state index contributed by atoms with van der Waals surface area (Å²) in [6, 6.07) is 2.42. The maximum atomic E-state index is 11.8. The van der Waals surface area contributed by atoms with E-state index in [0.29, 0.717) is 17.9 Å². The lowest BCUT2D eigenvalue weighted by Crippen LogP contribution is -2.52. The number of hydrogen-bond acceptors (Lipinski definition) is 6. The molecule has 1 heterocycles. The highest BCUT2D eigenvalue weighted by Gasteiger charge is 2.43. The molecule has 1 aromatic carbocycles. The Labute approximate surface area is 159 Å². The van der Waals surface area contributed by atoms with Gasteiger partial charge < -0.3 is 20.5 Å². The van der Waals surface area contributed by atoms with Crippen molar-refractivity contribution in [2.45, 2.75) is 71.1 Å². The Hall–Kier alpha value is -2.19. The first-order valence-electron chi connectivity index (χ1n) is 9.43. The molecule has 1 aromatic rings. The van der Waals surface area contributed by atoms with E-state index in [1.165, 1.54) is 12.1 Å². The maximum absolute atomic E-state index is 11.8. The third kappa shape index (κ3) is 4.75. The quantitative estimate of drug-likeness (QED) is 0.363. The van der Waals surface area contributed by atoms with Crippen molar-refractivity contribution in [1.82, 2.24) is 5.32 Å². The van der Waals surface area contributed by atoms with E-state index < -0.39 is 22.7 Å². The average molecular weight is 379 g/mol. The van der Waals surface area contributed by atoms with Gasteiger partial charge >= 0.3 is 0 Å². The lowest BCUT2D eigenvalue weighted by Gasteiger charge is -2.42. The topological polar surface area (TPSA) is 114 Å². The van der Waals surface area contributed by atoms with E-state index in [2.05, 4.69) is 17.6 Å². The third-order valence-corrected chi connectivity index (χ3v) is 4.80. The fourth-order valence-electron chi connectivity index (χ4n) is 3.18. The minimum atomic E-state index is -0.905. The zero-order chi connectivity index (χ0) is 20.2. The molecule has 0 bridgehead atoms. The van der Waals surface area contributed by atoms with Crippen LogP contribution in [0.3, 0.4) is 0 Å². The Bertz CT molecular complexity index is 705. The monoisotopic (exact) mass is 379 g/mol. The minimum Gasteiger partial charge on any atom is -0.484 e. The molecular weight excluding hydrogens is 350 g/mol. The van der Waals surface area contributed by atoms with Crippen LogP contribution >= 0.6 is 0 Å². The number of nitrogens with zero attached hydrogens (tertiary/aromatic N) is 1. The molecule has 1 aliphatic rings. The number of hydrogen-bond donors (Lipinski definition) is 3. The predicted octanol–water partition coefficient (Wildman–Crippen LogP) is 3.30. The van der Waals surface area contributed by atoms with Crippen LogP contribution in [0.2, 0.25) is 0 Å². The first-order chi connectivity index (χ1) is 12.7. The number of nitro groups is 1. The van der Waals surface area contributed by atoms with Crippen LogP contribution in [-0.2, 0) is 4.79 Å². The van der Waals surface area contributed by atoms with Crippen molar-refractivity contribution in [3.63, 3.8) is 0 Å². The number of aliphatic hydroxyl groups excluding tert-OH is 1. The summed E-state index contributed by atoms with van der Waals surface area (Å²) in [6.45, 7) is 8.00. The normalized spacial score (nSPS) is 20.5. The van der Waals surface area contributed by atoms with Gasteiger partial charge in [0, 0.05) is 12.0 Å². The number of nitrogens with one attached hydrogen (secondary N) is 2. The molecule has 2 atom stereocenters. The van der Waals surface area contributed by atoms with Gasteiger partial charge in [-0.1, -0.05) is 26.7 Å². The summed E-state index contributed by atoms with van der Waals surface area (Å²) < 4.78 is 5.86. The molecule has 0 radical (unpaired) electrons. The van der Waals surface area contributed by atoms with Crippen molar-refractivity contribution in [2.75, 3.05) is 11.9 Å². The molecule has 8 nitrogen and oxygen atoms in total.